The van der Waals surface area contributed by atoms with Gasteiger partial charge in [0.15, 0.2) is 11.5 Å². The van der Waals surface area contributed by atoms with Crippen LogP contribution in [0.15, 0.2) is 71.8 Å². The molecule has 0 aliphatic carbocycles. The van der Waals surface area contributed by atoms with Gasteiger partial charge < -0.3 is 14.8 Å². The quantitative estimate of drug-likeness (QED) is 0.266. The highest BCUT2D eigenvalue weighted by molar-refractivity contribution is 6.30. The molecule has 184 valence electrons. The van der Waals surface area contributed by atoms with Crippen molar-refractivity contribution in [2.75, 3.05) is 18.5 Å². The zero-order chi connectivity index (χ0) is 25.3. The van der Waals surface area contributed by atoms with E-state index in [0.29, 0.717) is 35.3 Å². The van der Waals surface area contributed by atoms with Crippen molar-refractivity contribution in [1.82, 2.24) is 5.43 Å². The van der Waals surface area contributed by atoms with Crippen LogP contribution in [-0.2, 0) is 17.6 Å². The lowest BCUT2D eigenvalue weighted by molar-refractivity contribution is -0.137. The van der Waals surface area contributed by atoms with Crippen LogP contribution in [0.1, 0.15) is 23.6 Å². The Morgan fingerprint density at radius 3 is 2.51 bits per heavy atom. The summed E-state index contributed by atoms with van der Waals surface area (Å²) in [5.74, 6) is 0.544. The molecule has 3 aromatic carbocycles. The van der Waals surface area contributed by atoms with Gasteiger partial charge in [-0.2, -0.15) is 18.3 Å². The lowest BCUT2D eigenvalue weighted by atomic mass is 10.2. The van der Waals surface area contributed by atoms with Gasteiger partial charge in [0.25, 0.3) is 5.91 Å². The SMILES string of the molecule is CCOc1cc(/C=N\NC(=O)CNc2cccc(C(F)(F)F)c2)ccc1OCc1ccc(Cl)cc1. The minimum absolute atomic E-state index is 0.175. The zero-order valence-corrected chi connectivity index (χ0v) is 19.5. The number of alkyl halides is 3. The fourth-order valence-corrected chi connectivity index (χ4v) is 3.07. The second-order valence-electron chi connectivity index (χ2n) is 7.28. The second-order valence-corrected chi connectivity index (χ2v) is 7.72. The third kappa shape index (κ3) is 8.22. The predicted molar refractivity (Wildman–Crippen MR) is 129 cm³/mol. The van der Waals surface area contributed by atoms with Crippen molar-refractivity contribution in [2.24, 2.45) is 5.10 Å². The highest BCUT2D eigenvalue weighted by Gasteiger charge is 2.30. The van der Waals surface area contributed by atoms with Gasteiger partial charge in [0, 0.05) is 10.7 Å². The molecule has 6 nitrogen and oxygen atoms in total. The molecule has 0 aliphatic heterocycles. The van der Waals surface area contributed by atoms with Crippen molar-refractivity contribution in [2.45, 2.75) is 19.7 Å². The van der Waals surface area contributed by atoms with Gasteiger partial charge in [0.05, 0.1) is 24.9 Å². The number of nitrogens with zero attached hydrogens (tertiary/aromatic N) is 1. The maximum absolute atomic E-state index is 12.8. The summed E-state index contributed by atoms with van der Waals surface area (Å²) in [5.41, 5.74) is 3.30. The van der Waals surface area contributed by atoms with Crippen LogP contribution in [-0.4, -0.2) is 25.3 Å². The van der Waals surface area contributed by atoms with Crippen molar-refractivity contribution < 1.29 is 27.4 Å². The fraction of sp³-hybridized carbons (Fsp3) is 0.200. The van der Waals surface area contributed by atoms with E-state index in [1.165, 1.54) is 18.3 Å². The van der Waals surface area contributed by atoms with Gasteiger partial charge in [-0.05, 0) is 66.6 Å². The van der Waals surface area contributed by atoms with Crippen LogP contribution in [0.4, 0.5) is 18.9 Å². The summed E-state index contributed by atoms with van der Waals surface area (Å²) in [4.78, 5) is 12.0. The average molecular weight is 506 g/mol. The van der Waals surface area contributed by atoms with Crippen LogP contribution in [0, 0.1) is 0 Å². The molecule has 0 saturated carbocycles. The van der Waals surface area contributed by atoms with Gasteiger partial charge in [-0.15, -0.1) is 0 Å². The number of rotatable bonds is 10. The lowest BCUT2D eigenvalue weighted by Crippen LogP contribution is -2.26. The Morgan fingerprint density at radius 2 is 1.80 bits per heavy atom. The van der Waals surface area contributed by atoms with Crippen LogP contribution in [0.25, 0.3) is 0 Å². The largest absolute Gasteiger partial charge is 0.490 e. The zero-order valence-electron chi connectivity index (χ0n) is 18.7. The number of hydrogen-bond donors (Lipinski definition) is 2. The van der Waals surface area contributed by atoms with Gasteiger partial charge in [-0.1, -0.05) is 29.8 Å². The van der Waals surface area contributed by atoms with E-state index in [9.17, 15) is 18.0 Å². The number of halogens is 4. The van der Waals surface area contributed by atoms with Crippen LogP contribution in [0.5, 0.6) is 11.5 Å². The van der Waals surface area contributed by atoms with E-state index < -0.39 is 17.6 Å². The number of nitrogens with one attached hydrogen (secondary N) is 2. The highest BCUT2D eigenvalue weighted by atomic mass is 35.5. The Hall–Kier alpha value is -3.72. The lowest BCUT2D eigenvalue weighted by Gasteiger charge is -2.12. The van der Waals surface area contributed by atoms with E-state index in [1.807, 2.05) is 19.1 Å². The number of carbonyl (C=O) groups excluding carboxylic acids is 1. The molecule has 3 aromatic rings. The first-order valence-corrected chi connectivity index (χ1v) is 11.0. The van der Waals surface area contributed by atoms with Crippen LogP contribution < -0.4 is 20.2 Å². The van der Waals surface area contributed by atoms with Crippen LogP contribution in [0.3, 0.4) is 0 Å². The first kappa shape index (κ1) is 25.9. The first-order chi connectivity index (χ1) is 16.7. The molecule has 0 radical (unpaired) electrons. The van der Waals surface area contributed by atoms with Gasteiger partial charge in [-0.25, -0.2) is 5.43 Å². The number of carbonyl (C=O) groups is 1. The molecular weight excluding hydrogens is 483 g/mol. The summed E-state index contributed by atoms with van der Waals surface area (Å²) >= 11 is 5.90. The molecule has 10 heteroatoms. The van der Waals surface area contributed by atoms with E-state index in [1.54, 1.807) is 30.3 Å². The Bertz CT molecular complexity index is 1170. The summed E-state index contributed by atoms with van der Waals surface area (Å²) in [7, 11) is 0. The summed E-state index contributed by atoms with van der Waals surface area (Å²) in [5, 5.41) is 7.17. The number of hydrogen-bond acceptors (Lipinski definition) is 5. The van der Waals surface area contributed by atoms with Crippen LogP contribution >= 0.6 is 11.6 Å². The molecule has 2 N–H and O–H groups in total. The van der Waals surface area contributed by atoms with Crippen molar-refractivity contribution in [3.8, 4) is 11.5 Å². The van der Waals surface area contributed by atoms with E-state index in [4.69, 9.17) is 21.1 Å². The van der Waals surface area contributed by atoms with Gasteiger partial charge in [0.1, 0.15) is 6.61 Å². The molecule has 35 heavy (non-hydrogen) atoms. The highest BCUT2D eigenvalue weighted by Crippen LogP contribution is 2.31. The Labute approximate surface area is 205 Å². The summed E-state index contributed by atoms with van der Waals surface area (Å²) in [6, 6.07) is 17.1. The average Bonchev–Trinajstić information content (AvgIpc) is 2.83. The molecule has 0 spiro atoms. The van der Waals surface area contributed by atoms with Crippen molar-refractivity contribution in [3.63, 3.8) is 0 Å². The van der Waals surface area contributed by atoms with Crippen LogP contribution in [0.2, 0.25) is 5.02 Å². The number of anilines is 1. The molecular formula is C25H23ClF3N3O3. The third-order valence-electron chi connectivity index (χ3n) is 4.62. The summed E-state index contributed by atoms with van der Waals surface area (Å²) in [6.45, 7) is 2.36. The molecule has 0 aliphatic rings. The van der Waals surface area contributed by atoms with Crippen molar-refractivity contribution >= 4 is 29.4 Å². The fourth-order valence-electron chi connectivity index (χ4n) is 2.94. The summed E-state index contributed by atoms with van der Waals surface area (Å²) < 4.78 is 49.9. The second kappa shape index (κ2) is 12.1. The van der Waals surface area contributed by atoms with E-state index in [-0.39, 0.29) is 12.2 Å². The smallest absolute Gasteiger partial charge is 0.416 e. The number of ether oxygens (including phenoxy) is 2. The molecule has 0 unspecified atom stereocenters. The predicted octanol–water partition coefficient (Wildman–Crippen LogP) is 5.90. The monoisotopic (exact) mass is 505 g/mol. The number of hydrazone groups is 1. The van der Waals surface area contributed by atoms with Crippen molar-refractivity contribution in [1.29, 1.82) is 0 Å². The van der Waals surface area contributed by atoms with Gasteiger partial charge in [-0.3, -0.25) is 4.79 Å². The standard InChI is InChI=1S/C25H23ClF3N3O3/c1-2-34-23-12-18(8-11-22(23)35-16-17-6-9-20(26)10-7-17)14-31-32-24(33)15-30-21-5-3-4-19(13-21)25(27,28)29/h3-14,30H,2,15-16H2,1H3,(H,32,33)/b31-14-. The molecule has 1 amide bonds. The minimum Gasteiger partial charge on any atom is -0.490 e. The topological polar surface area (TPSA) is 72.0 Å². The Balaban J connectivity index is 1.54. The van der Waals surface area contributed by atoms with Gasteiger partial charge in [0.2, 0.25) is 0 Å². The third-order valence-corrected chi connectivity index (χ3v) is 4.87. The summed E-state index contributed by atoms with van der Waals surface area (Å²) in [6.07, 6.45) is -3.03. The molecule has 0 fully saturated rings. The number of amides is 1. The van der Waals surface area contributed by atoms with Gasteiger partial charge >= 0.3 is 6.18 Å². The normalized spacial score (nSPS) is 11.3. The number of benzene rings is 3. The maximum atomic E-state index is 12.8. The maximum Gasteiger partial charge on any atom is 0.416 e. The minimum atomic E-state index is -4.46. The molecule has 0 aromatic heterocycles. The van der Waals surface area contributed by atoms with E-state index in [0.717, 1.165) is 17.7 Å². The Morgan fingerprint density at radius 1 is 1.03 bits per heavy atom. The Kier molecular flexibility index (Phi) is 8.97. The molecule has 0 saturated heterocycles. The molecule has 0 bridgehead atoms. The van der Waals surface area contributed by atoms with E-state index in [2.05, 4.69) is 15.8 Å². The molecule has 0 atom stereocenters. The molecule has 3 rings (SSSR count). The van der Waals surface area contributed by atoms with E-state index >= 15 is 0 Å². The first-order valence-electron chi connectivity index (χ1n) is 10.6. The van der Waals surface area contributed by atoms with Crippen molar-refractivity contribution in [3.05, 3.63) is 88.4 Å². The molecule has 0 heterocycles.